The first-order chi connectivity index (χ1) is 10.7. The molecule has 0 aliphatic rings. The number of sulfone groups is 1. The lowest BCUT2D eigenvalue weighted by Crippen LogP contribution is -2.40. The molecule has 0 saturated carbocycles. The van der Waals surface area contributed by atoms with Crippen molar-refractivity contribution in [3.05, 3.63) is 17.5 Å². The Kier molecular flexibility index (Phi) is 9.86. The molecular weight excluding hydrogens is 441 g/mol. The first-order valence-corrected chi connectivity index (χ1v) is 9.67. The number of aryl methyl sites for hydroxylation is 1. The summed E-state index contributed by atoms with van der Waals surface area (Å²) < 4.78 is 24.9. The third-order valence-electron chi connectivity index (χ3n) is 3.60. The molecule has 140 valence electrons. The first kappa shape index (κ1) is 23.2. The average Bonchev–Trinajstić information content (AvgIpc) is 2.84. The van der Waals surface area contributed by atoms with Crippen molar-refractivity contribution in [2.45, 2.75) is 33.2 Å². The van der Waals surface area contributed by atoms with Gasteiger partial charge < -0.3 is 10.2 Å². The summed E-state index contributed by atoms with van der Waals surface area (Å²) in [5.41, 5.74) is 2.22. The van der Waals surface area contributed by atoms with E-state index in [0.29, 0.717) is 25.0 Å². The fourth-order valence-corrected chi connectivity index (χ4v) is 3.04. The van der Waals surface area contributed by atoms with Crippen LogP contribution in [-0.2, 0) is 23.4 Å². The van der Waals surface area contributed by atoms with Crippen LogP contribution in [0.4, 0.5) is 0 Å². The minimum absolute atomic E-state index is 0. The minimum Gasteiger partial charge on any atom is -0.355 e. The molecule has 1 rings (SSSR count). The van der Waals surface area contributed by atoms with Gasteiger partial charge in [-0.25, -0.2) is 8.42 Å². The molecular formula is C15H30IN5O2S. The maximum Gasteiger partial charge on any atom is 0.193 e. The highest BCUT2D eigenvalue weighted by atomic mass is 127. The summed E-state index contributed by atoms with van der Waals surface area (Å²) in [5, 5.41) is 7.61. The monoisotopic (exact) mass is 471 g/mol. The zero-order valence-corrected chi connectivity index (χ0v) is 18.6. The number of hydrogen-bond donors (Lipinski definition) is 1. The molecule has 1 aromatic heterocycles. The zero-order valence-electron chi connectivity index (χ0n) is 15.4. The molecule has 1 aromatic rings. The van der Waals surface area contributed by atoms with Gasteiger partial charge >= 0.3 is 0 Å². The molecule has 0 saturated heterocycles. The van der Waals surface area contributed by atoms with Gasteiger partial charge in [0.15, 0.2) is 15.8 Å². The van der Waals surface area contributed by atoms with E-state index in [9.17, 15) is 8.42 Å². The second-order valence-corrected chi connectivity index (χ2v) is 8.41. The third-order valence-corrected chi connectivity index (χ3v) is 5.31. The van der Waals surface area contributed by atoms with E-state index in [4.69, 9.17) is 0 Å². The van der Waals surface area contributed by atoms with E-state index in [1.54, 1.807) is 14.0 Å². The van der Waals surface area contributed by atoms with Gasteiger partial charge in [0.1, 0.15) is 0 Å². The molecule has 1 N–H and O–H groups in total. The predicted molar refractivity (Wildman–Crippen MR) is 110 cm³/mol. The van der Waals surface area contributed by atoms with Crippen LogP contribution in [0.3, 0.4) is 0 Å². The summed E-state index contributed by atoms with van der Waals surface area (Å²) in [6.45, 7) is 6.92. The topological polar surface area (TPSA) is 79.6 Å². The van der Waals surface area contributed by atoms with Gasteiger partial charge in [-0.2, -0.15) is 5.10 Å². The van der Waals surface area contributed by atoms with Crippen LogP contribution in [0.1, 0.15) is 37.9 Å². The Bertz CT molecular complexity index is 640. The van der Waals surface area contributed by atoms with E-state index in [0.717, 1.165) is 11.3 Å². The number of aromatic nitrogens is 2. The maximum atomic E-state index is 11.5. The quantitative estimate of drug-likeness (QED) is 0.372. The number of hydrogen-bond acceptors (Lipinski definition) is 4. The Balaban J connectivity index is 0.00000529. The van der Waals surface area contributed by atoms with Crippen LogP contribution in [0.5, 0.6) is 0 Å². The van der Waals surface area contributed by atoms with Gasteiger partial charge in [-0.05, 0) is 5.92 Å². The van der Waals surface area contributed by atoms with Crippen molar-refractivity contribution in [2.75, 3.05) is 32.1 Å². The lowest BCUT2D eigenvalue weighted by molar-refractivity contribution is 0.475. The van der Waals surface area contributed by atoms with E-state index in [1.165, 1.54) is 0 Å². The normalized spacial score (nSPS) is 12.2. The lowest BCUT2D eigenvalue weighted by atomic mass is 10.1. The van der Waals surface area contributed by atoms with Gasteiger partial charge in [0, 0.05) is 51.7 Å². The maximum absolute atomic E-state index is 11.5. The van der Waals surface area contributed by atoms with E-state index in [2.05, 4.69) is 29.3 Å². The zero-order chi connectivity index (χ0) is 17.6. The van der Waals surface area contributed by atoms with Gasteiger partial charge in [0.05, 0.1) is 11.4 Å². The Morgan fingerprint density at radius 1 is 1.46 bits per heavy atom. The Morgan fingerprint density at radius 2 is 2.08 bits per heavy atom. The summed E-state index contributed by atoms with van der Waals surface area (Å²) in [6.07, 6.45) is 2.01. The van der Waals surface area contributed by atoms with Crippen LogP contribution in [-0.4, -0.2) is 61.2 Å². The highest BCUT2D eigenvalue weighted by molar-refractivity contribution is 14.0. The van der Waals surface area contributed by atoms with Crippen LogP contribution in [0, 0.1) is 0 Å². The molecule has 0 aliphatic heterocycles. The van der Waals surface area contributed by atoms with Crippen LogP contribution < -0.4 is 5.32 Å². The summed E-state index contributed by atoms with van der Waals surface area (Å²) >= 11 is 0. The predicted octanol–water partition coefficient (Wildman–Crippen LogP) is 1.60. The highest BCUT2D eigenvalue weighted by Crippen LogP contribution is 2.18. The number of guanidine groups is 1. The van der Waals surface area contributed by atoms with Crippen LogP contribution in [0.15, 0.2) is 11.2 Å². The van der Waals surface area contributed by atoms with Crippen LogP contribution in [0.25, 0.3) is 0 Å². The lowest BCUT2D eigenvalue weighted by Gasteiger charge is -2.22. The number of aliphatic imine (C=N–C) groups is 1. The largest absolute Gasteiger partial charge is 0.355 e. The Morgan fingerprint density at radius 3 is 2.58 bits per heavy atom. The number of nitrogens with one attached hydrogen (secondary N) is 1. The van der Waals surface area contributed by atoms with Crippen LogP contribution >= 0.6 is 24.0 Å². The summed E-state index contributed by atoms with van der Waals surface area (Å²) in [4.78, 5) is 6.19. The number of nitrogens with zero attached hydrogens (tertiary/aromatic N) is 4. The molecule has 0 radical (unpaired) electrons. The summed E-state index contributed by atoms with van der Waals surface area (Å²) in [6, 6.07) is 0. The first-order valence-electron chi connectivity index (χ1n) is 7.84. The van der Waals surface area contributed by atoms with Crippen molar-refractivity contribution in [1.82, 2.24) is 20.0 Å². The number of rotatable bonds is 7. The van der Waals surface area contributed by atoms with Gasteiger partial charge in [-0.15, -0.1) is 24.0 Å². The fraction of sp³-hybridized carbons (Fsp3) is 0.733. The minimum atomic E-state index is -2.97. The second kappa shape index (κ2) is 10.2. The van der Waals surface area contributed by atoms with Crippen molar-refractivity contribution < 1.29 is 8.42 Å². The number of halogens is 1. The smallest absolute Gasteiger partial charge is 0.193 e. The van der Waals surface area contributed by atoms with Crippen LogP contribution in [0.2, 0.25) is 0 Å². The van der Waals surface area contributed by atoms with Gasteiger partial charge in [0.2, 0.25) is 0 Å². The van der Waals surface area contributed by atoms with Crippen molar-refractivity contribution in [2.24, 2.45) is 12.0 Å². The molecule has 0 spiro atoms. The van der Waals surface area contributed by atoms with Crippen molar-refractivity contribution in [3.8, 4) is 0 Å². The summed E-state index contributed by atoms with van der Waals surface area (Å²) in [7, 11) is 2.57. The van der Waals surface area contributed by atoms with Gasteiger partial charge in [0.25, 0.3) is 0 Å². The van der Waals surface area contributed by atoms with Crippen molar-refractivity contribution in [3.63, 3.8) is 0 Å². The summed E-state index contributed by atoms with van der Waals surface area (Å²) in [5.74, 6) is 1.30. The molecule has 1 heterocycles. The van der Waals surface area contributed by atoms with Gasteiger partial charge in [-0.3, -0.25) is 9.67 Å². The third kappa shape index (κ3) is 6.96. The van der Waals surface area contributed by atoms with Crippen molar-refractivity contribution >= 4 is 39.8 Å². The second-order valence-electron chi connectivity index (χ2n) is 5.93. The fourth-order valence-electron chi connectivity index (χ4n) is 2.34. The molecule has 0 aliphatic carbocycles. The standard InChI is InChI=1S/C15H29N5O2S.HI/c1-7-23(21,22)9-8-17-15(16-4)19(5)10-13-11-20(6)18-14(13)12(2)3;/h11-12H,7-10H2,1-6H3,(H,16,17);1H. The average molecular weight is 471 g/mol. The molecule has 0 unspecified atom stereocenters. The molecule has 7 nitrogen and oxygen atoms in total. The Hall–Kier alpha value is -0.840. The Labute approximate surface area is 162 Å². The SMILES string of the molecule is CCS(=O)(=O)CCNC(=NC)N(C)Cc1cn(C)nc1C(C)C.I. The molecule has 0 atom stereocenters. The molecule has 0 aromatic carbocycles. The highest BCUT2D eigenvalue weighted by Gasteiger charge is 2.15. The van der Waals surface area contributed by atoms with E-state index < -0.39 is 9.84 Å². The van der Waals surface area contributed by atoms with Gasteiger partial charge in [-0.1, -0.05) is 20.8 Å². The molecule has 0 bridgehead atoms. The van der Waals surface area contributed by atoms with E-state index in [1.807, 2.05) is 29.9 Å². The van der Waals surface area contributed by atoms with Crippen molar-refractivity contribution in [1.29, 1.82) is 0 Å². The molecule has 0 amide bonds. The molecule has 0 fully saturated rings. The molecule has 24 heavy (non-hydrogen) atoms. The van der Waals surface area contributed by atoms with E-state index in [-0.39, 0.29) is 35.5 Å². The molecule has 9 heteroatoms. The van der Waals surface area contributed by atoms with E-state index >= 15 is 0 Å².